The minimum atomic E-state index is -0.790. The Labute approximate surface area is 135 Å². The zero-order valence-electron chi connectivity index (χ0n) is 12.5. The first-order valence-corrected chi connectivity index (χ1v) is 7.55. The van der Waals surface area contributed by atoms with Gasteiger partial charge in [-0.3, -0.25) is 9.59 Å². The van der Waals surface area contributed by atoms with E-state index in [0.29, 0.717) is 5.56 Å². The van der Waals surface area contributed by atoms with Gasteiger partial charge in [0.05, 0.1) is 26.2 Å². The first-order valence-electron chi connectivity index (χ1n) is 6.61. The van der Waals surface area contributed by atoms with E-state index in [9.17, 15) is 19.5 Å². The molecule has 0 saturated carbocycles. The van der Waals surface area contributed by atoms with Gasteiger partial charge in [-0.2, -0.15) is 11.3 Å². The van der Waals surface area contributed by atoms with Crippen molar-refractivity contribution >= 4 is 23.3 Å². The third-order valence-electron chi connectivity index (χ3n) is 3.40. The number of aromatic nitrogens is 1. The van der Waals surface area contributed by atoms with E-state index in [4.69, 9.17) is 0 Å². The molecule has 8 heteroatoms. The molecule has 2 aromatic rings. The molecule has 2 aromatic heterocycles. The molecular weight excluding hydrogens is 322 g/mol. The van der Waals surface area contributed by atoms with Gasteiger partial charge >= 0.3 is 11.9 Å². The average molecular weight is 337 g/mol. The van der Waals surface area contributed by atoms with Crippen molar-refractivity contribution in [2.45, 2.75) is 12.3 Å². The number of thiophene rings is 1. The number of pyridine rings is 1. The van der Waals surface area contributed by atoms with Crippen molar-refractivity contribution in [1.29, 1.82) is 0 Å². The van der Waals surface area contributed by atoms with Crippen molar-refractivity contribution in [3.63, 3.8) is 0 Å². The van der Waals surface area contributed by atoms with Crippen LogP contribution in [0.2, 0.25) is 0 Å². The van der Waals surface area contributed by atoms with E-state index < -0.39 is 29.2 Å². The van der Waals surface area contributed by atoms with Gasteiger partial charge in [0.1, 0.15) is 11.3 Å². The number of methoxy groups -OCH3 is 2. The van der Waals surface area contributed by atoms with E-state index in [1.165, 1.54) is 18.4 Å². The summed E-state index contributed by atoms with van der Waals surface area (Å²) < 4.78 is 9.23. The monoisotopic (exact) mass is 337 g/mol. The maximum atomic E-state index is 12.2. The zero-order chi connectivity index (χ0) is 17.0. The van der Waals surface area contributed by atoms with Gasteiger partial charge in [-0.05, 0) is 22.4 Å². The number of hydrogen-bond donors (Lipinski definition) is 2. The molecule has 122 valence electrons. The minimum Gasteiger partial charge on any atom is -0.506 e. The highest BCUT2D eigenvalue weighted by molar-refractivity contribution is 7.08. The van der Waals surface area contributed by atoms with Crippen LogP contribution in [0.15, 0.2) is 27.8 Å². The fourth-order valence-electron chi connectivity index (χ4n) is 2.24. The third-order valence-corrected chi connectivity index (χ3v) is 4.10. The summed E-state index contributed by atoms with van der Waals surface area (Å²) in [6.45, 7) is 0. The van der Waals surface area contributed by atoms with Crippen LogP contribution in [0.4, 0.5) is 0 Å². The highest BCUT2D eigenvalue weighted by Crippen LogP contribution is 2.34. The molecule has 0 aliphatic rings. The maximum Gasteiger partial charge on any atom is 0.343 e. The number of esters is 2. The van der Waals surface area contributed by atoms with Crippen LogP contribution < -0.4 is 5.56 Å². The standard InChI is InChI=1S/C15H15NO6S/c1-21-11(17)5-9(8-3-4-23-7-8)12-13(18)10(15(20)22-2)6-16-14(12)19/h3-4,6-7,9H,5H2,1-2H3,(H2,16,18,19)/t9-/m0/s1. The summed E-state index contributed by atoms with van der Waals surface area (Å²) in [6, 6.07) is 1.74. The average Bonchev–Trinajstić information content (AvgIpc) is 3.07. The number of aromatic amines is 1. The van der Waals surface area contributed by atoms with Gasteiger partial charge in [0.15, 0.2) is 0 Å². The Kier molecular flexibility index (Phi) is 5.17. The number of rotatable bonds is 5. The highest BCUT2D eigenvalue weighted by atomic mass is 32.1. The van der Waals surface area contributed by atoms with E-state index in [1.807, 2.05) is 0 Å². The summed E-state index contributed by atoms with van der Waals surface area (Å²) in [4.78, 5) is 38.0. The molecule has 2 rings (SSSR count). The van der Waals surface area contributed by atoms with Crippen molar-refractivity contribution in [3.05, 3.63) is 50.1 Å². The second-order valence-corrected chi connectivity index (χ2v) is 5.45. The molecule has 0 bridgehead atoms. The zero-order valence-corrected chi connectivity index (χ0v) is 13.3. The van der Waals surface area contributed by atoms with Crippen molar-refractivity contribution in [2.24, 2.45) is 0 Å². The number of aromatic hydroxyl groups is 1. The van der Waals surface area contributed by atoms with Gasteiger partial charge < -0.3 is 19.6 Å². The highest BCUT2D eigenvalue weighted by Gasteiger charge is 2.28. The van der Waals surface area contributed by atoms with E-state index >= 15 is 0 Å². The Morgan fingerprint density at radius 2 is 2.09 bits per heavy atom. The molecule has 0 saturated heterocycles. The molecule has 2 heterocycles. The van der Waals surface area contributed by atoms with Crippen molar-refractivity contribution in [1.82, 2.24) is 4.98 Å². The quantitative estimate of drug-likeness (QED) is 0.803. The molecule has 0 unspecified atom stereocenters. The van der Waals surface area contributed by atoms with Gasteiger partial charge in [0, 0.05) is 12.1 Å². The molecule has 0 aliphatic carbocycles. The predicted molar refractivity (Wildman–Crippen MR) is 82.9 cm³/mol. The summed E-state index contributed by atoms with van der Waals surface area (Å²) in [5.74, 6) is -2.56. The normalized spacial score (nSPS) is 11.7. The number of carbonyl (C=O) groups is 2. The van der Waals surface area contributed by atoms with Crippen molar-refractivity contribution < 1.29 is 24.2 Å². The smallest absolute Gasteiger partial charge is 0.343 e. The first kappa shape index (κ1) is 16.8. The van der Waals surface area contributed by atoms with Gasteiger partial charge in [0.2, 0.25) is 0 Å². The topological polar surface area (TPSA) is 106 Å². The summed E-state index contributed by atoms with van der Waals surface area (Å²) >= 11 is 1.39. The lowest BCUT2D eigenvalue weighted by Gasteiger charge is -2.16. The molecule has 0 amide bonds. The molecule has 0 aromatic carbocycles. The molecule has 0 aliphatic heterocycles. The molecule has 0 fully saturated rings. The fourth-order valence-corrected chi connectivity index (χ4v) is 2.95. The molecule has 1 atom stereocenters. The molecule has 23 heavy (non-hydrogen) atoms. The summed E-state index contributed by atoms with van der Waals surface area (Å²) in [7, 11) is 2.40. The second-order valence-electron chi connectivity index (χ2n) is 4.67. The predicted octanol–water partition coefficient (Wildman–Crippen LogP) is 1.62. The Hall–Kier alpha value is -2.61. The van der Waals surface area contributed by atoms with Crippen LogP contribution in [0, 0.1) is 0 Å². The summed E-state index contributed by atoms with van der Waals surface area (Å²) in [5, 5.41) is 13.9. The summed E-state index contributed by atoms with van der Waals surface area (Å²) in [6.07, 6.45) is 0.935. The third kappa shape index (κ3) is 3.42. The van der Waals surface area contributed by atoms with Gasteiger partial charge in [0.25, 0.3) is 5.56 Å². The van der Waals surface area contributed by atoms with E-state index in [0.717, 1.165) is 13.3 Å². The lowest BCUT2D eigenvalue weighted by molar-refractivity contribution is -0.140. The molecule has 0 radical (unpaired) electrons. The molecular formula is C15H15NO6S. The van der Waals surface area contributed by atoms with Crippen LogP contribution in [0.25, 0.3) is 0 Å². The van der Waals surface area contributed by atoms with Crippen LogP contribution in [0.3, 0.4) is 0 Å². The lowest BCUT2D eigenvalue weighted by atomic mass is 9.89. The van der Waals surface area contributed by atoms with E-state index in [1.54, 1.807) is 16.8 Å². The van der Waals surface area contributed by atoms with Crippen LogP contribution in [0.1, 0.15) is 33.8 Å². The van der Waals surface area contributed by atoms with Gasteiger partial charge in [-0.1, -0.05) is 0 Å². The minimum absolute atomic E-state index is 0.0725. The fraction of sp³-hybridized carbons (Fsp3) is 0.267. The van der Waals surface area contributed by atoms with Crippen LogP contribution in [0.5, 0.6) is 5.75 Å². The van der Waals surface area contributed by atoms with E-state index in [2.05, 4.69) is 14.5 Å². The molecule has 2 N–H and O–H groups in total. The first-order chi connectivity index (χ1) is 11.0. The van der Waals surface area contributed by atoms with Crippen molar-refractivity contribution in [2.75, 3.05) is 14.2 Å². The second kappa shape index (κ2) is 7.10. The number of ether oxygens (including phenoxy) is 2. The van der Waals surface area contributed by atoms with Crippen LogP contribution >= 0.6 is 11.3 Å². The van der Waals surface area contributed by atoms with E-state index in [-0.39, 0.29) is 17.5 Å². The largest absolute Gasteiger partial charge is 0.506 e. The van der Waals surface area contributed by atoms with Crippen LogP contribution in [-0.2, 0) is 14.3 Å². The maximum absolute atomic E-state index is 12.2. The molecule has 7 nitrogen and oxygen atoms in total. The number of hydrogen-bond acceptors (Lipinski definition) is 7. The Balaban J connectivity index is 2.60. The Bertz CT molecular complexity index is 765. The summed E-state index contributed by atoms with van der Waals surface area (Å²) in [5.41, 5.74) is -0.164. The van der Waals surface area contributed by atoms with Gasteiger partial charge in [-0.15, -0.1) is 0 Å². The lowest BCUT2D eigenvalue weighted by Crippen LogP contribution is -2.21. The van der Waals surface area contributed by atoms with Gasteiger partial charge in [-0.25, -0.2) is 4.79 Å². The number of nitrogens with one attached hydrogen (secondary N) is 1. The Morgan fingerprint density at radius 3 is 2.65 bits per heavy atom. The SMILES string of the molecule is COC(=O)C[C@@H](c1ccsc1)c1c(O)c(C(=O)OC)c[nH]c1=O. The number of carbonyl (C=O) groups excluding carboxylic acids is 2. The van der Waals surface area contributed by atoms with Crippen LogP contribution in [-0.4, -0.2) is 36.2 Å². The van der Waals surface area contributed by atoms with Crippen molar-refractivity contribution in [3.8, 4) is 5.75 Å². The molecule has 0 spiro atoms. The number of H-pyrrole nitrogens is 1. The Morgan fingerprint density at radius 1 is 1.35 bits per heavy atom.